The molecule has 0 atom stereocenters. The van der Waals surface area contributed by atoms with Crippen LogP contribution in [0.15, 0.2) is 24.3 Å². The van der Waals surface area contributed by atoms with E-state index in [-0.39, 0.29) is 5.41 Å². The standard InChI is InChI=1S/C11H18S/c1-9(2)11(10(3)4)5-7-12-8-6-11/h1,3,5-8H2,2,4H3. The fourth-order valence-corrected chi connectivity index (χ4v) is 3.13. The highest BCUT2D eigenvalue weighted by Crippen LogP contribution is 2.45. The van der Waals surface area contributed by atoms with Crippen LogP contribution in [-0.2, 0) is 0 Å². The first kappa shape index (κ1) is 9.91. The molecular formula is C11H18S. The van der Waals surface area contributed by atoms with E-state index in [0.29, 0.717) is 0 Å². The molecule has 1 fully saturated rings. The van der Waals surface area contributed by atoms with E-state index in [4.69, 9.17) is 0 Å². The zero-order valence-electron chi connectivity index (χ0n) is 8.15. The SMILES string of the molecule is C=C(C)C1(C(=C)C)CCSCC1. The number of hydrogen-bond donors (Lipinski definition) is 0. The Kier molecular flexibility index (Phi) is 3.05. The molecule has 12 heavy (non-hydrogen) atoms. The van der Waals surface area contributed by atoms with Gasteiger partial charge in [0.15, 0.2) is 0 Å². The summed E-state index contributed by atoms with van der Waals surface area (Å²) in [7, 11) is 0. The molecule has 0 N–H and O–H groups in total. The van der Waals surface area contributed by atoms with Gasteiger partial charge in [-0.2, -0.15) is 11.8 Å². The number of hydrogen-bond acceptors (Lipinski definition) is 1. The first-order chi connectivity index (χ1) is 5.59. The average molecular weight is 182 g/mol. The molecule has 1 heteroatoms. The van der Waals surface area contributed by atoms with Gasteiger partial charge in [-0.1, -0.05) is 24.3 Å². The molecule has 0 radical (unpaired) electrons. The van der Waals surface area contributed by atoms with Crippen LogP contribution < -0.4 is 0 Å². The summed E-state index contributed by atoms with van der Waals surface area (Å²) in [6.45, 7) is 12.5. The van der Waals surface area contributed by atoms with E-state index in [1.54, 1.807) is 0 Å². The molecule has 0 saturated carbocycles. The highest BCUT2D eigenvalue weighted by Gasteiger charge is 2.33. The van der Waals surface area contributed by atoms with Crippen LogP contribution in [0.3, 0.4) is 0 Å². The third-order valence-electron chi connectivity index (χ3n) is 2.98. The van der Waals surface area contributed by atoms with Crippen LogP contribution in [-0.4, -0.2) is 11.5 Å². The molecule has 0 aromatic heterocycles. The summed E-state index contributed by atoms with van der Waals surface area (Å²) in [5, 5.41) is 0. The summed E-state index contributed by atoms with van der Waals surface area (Å²) in [4.78, 5) is 0. The van der Waals surface area contributed by atoms with Crippen molar-refractivity contribution in [2.45, 2.75) is 26.7 Å². The van der Waals surface area contributed by atoms with Gasteiger partial charge in [0.1, 0.15) is 0 Å². The Morgan fingerprint density at radius 2 is 1.50 bits per heavy atom. The van der Waals surface area contributed by atoms with Crippen LogP contribution in [0.4, 0.5) is 0 Å². The lowest BCUT2D eigenvalue weighted by molar-refractivity contribution is 0.398. The lowest BCUT2D eigenvalue weighted by Gasteiger charge is -2.38. The normalized spacial score (nSPS) is 21.8. The minimum Gasteiger partial charge on any atom is -0.162 e. The fourth-order valence-electron chi connectivity index (χ4n) is 1.94. The van der Waals surface area contributed by atoms with Crippen molar-refractivity contribution < 1.29 is 0 Å². The van der Waals surface area contributed by atoms with Crippen LogP contribution in [0.5, 0.6) is 0 Å². The van der Waals surface area contributed by atoms with E-state index in [1.807, 2.05) is 11.8 Å². The van der Waals surface area contributed by atoms with Crippen molar-refractivity contribution in [2.24, 2.45) is 5.41 Å². The number of rotatable bonds is 2. The predicted molar refractivity (Wildman–Crippen MR) is 58.6 cm³/mol. The molecule has 1 aliphatic heterocycles. The highest BCUT2D eigenvalue weighted by molar-refractivity contribution is 7.99. The fraction of sp³-hybridized carbons (Fsp3) is 0.636. The van der Waals surface area contributed by atoms with Crippen LogP contribution >= 0.6 is 11.8 Å². The van der Waals surface area contributed by atoms with Crippen molar-refractivity contribution in [3.63, 3.8) is 0 Å². The molecule has 1 saturated heterocycles. The van der Waals surface area contributed by atoms with Crippen molar-refractivity contribution in [3.05, 3.63) is 24.3 Å². The van der Waals surface area contributed by atoms with Crippen LogP contribution in [0.2, 0.25) is 0 Å². The molecule has 0 spiro atoms. The van der Waals surface area contributed by atoms with E-state index in [0.717, 1.165) is 0 Å². The summed E-state index contributed by atoms with van der Waals surface area (Å²) in [5.74, 6) is 2.53. The third-order valence-corrected chi connectivity index (χ3v) is 3.97. The number of thioether (sulfide) groups is 1. The minimum atomic E-state index is 0.269. The van der Waals surface area contributed by atoms with Crippen molar-refractivity contribution in [2.75, 3.05) is 11.5 Å². The summed E-state index contributed by atoms with van der Waals surface area (Å²) < 4.78 is 0. The van der Waals surface area contributed by atoms with E-state index in [1.165, 1.54) is 35.5 Å². The molecule has 1 heterocycles. The summed E-state index contributed by atoms with van der Waals surface area (Å²) >= 11 is 2.05. The molecule has 0 aromatic rings. The van der Waals surface area contributed by atoms with E-state index in [9.17, 15) is 0 Å². The second kappa shape index (κ2) is 3.69. The summed E-state index contributed by atoms with van der Waals surface area (Å²) in [6.07, 6.45) is 2.48. The highest BCUT2D eigenvalue weighted by atomic mass is 32.2. The van der Waals surface area contributed by atoms with Gasteiger partial charge < -0.3 is 0 Å². The van der Waals surface area contributed by atoms with Gasteiger partial charge in [-0.15, -0.1) is 0 Å². The van der Waals surface area contributed by atoms with E-state index >= 15 is 0 Å². The maximum absolute atomic E-state index is 4.10. The Morgan fingerprint density at radius 3 is 1.75 bits per heavy atom. The van der Waals surface area contributed by atoms with Gasteiger partial charge in [-0.05, 0) is 38.2 Å². The Bertz CT molecular complexity index is 181. The van der Waals surface area contributed by atoms with Gasteiger partial charge in [0.05, 0.1) is 0 Å². The van der Waals surface area contributed by atoms with Crippen molar-refractivity contribution >= 4 is 11.8 Å². The molecule has 0 unspecified atom stereocenters. The van der Waals surface area contributed by atoms with Gasteiger partial charge in [-0.3, -0.25) is 0 Å². The topological polar surface area (TPSA) is 0 Å². The van der Waals surface area contributed by atoms with E-state index < -0.39 is 0 Å². The first-order valence-corrected chi connectivity index (χ1v) is 5.65. The maximum atomic E-state index is 4.10. The Morgan fingerprint density at radius 1 is 1.08 bits per heavy atom. The van der Waals surface area contributed by atoms with Crippen molar-refractivity contribution in [1.29, 1.82) is 0 Å². The van der Waals surface area contributed by atoms with E-state index in [2.05, 4.69) is 27.0 Å². The predicted octanol–water partition coefficient (Wildman–Crippen LogP) is 3.65. The zero-order valence-corrected chi connectivity index (χ0v) is 8.97. The summed E-state index contributed by atoms with van der Waals surface area (Å²) in [6, 6.07) is 0. The largest absolute Gasteiger partial charge is 0.162 e. The maximum Gasteiger partial charge on any atom is 0.0125 e. The lowest BCUT2D eigenvalue weighted by atomic mass is 9.71. The van der Waals surface area contributed by atoms with Crippen molar-refractivity contribution in [1.82, 2.24) is 0 Å². The van der Waals surface area contributed by atoms with Crippen molar-refractivity contribution in [3.8, 4) is 0 Å². The van der Waals surface area contributed by atoms with Gasteiger partial charge in [-0.25, -0.2) is 0 Å². The van der Waals surface area contributed by atoms with Gasteiger partial charge in [0.2, 0.25) is 0 Å². The van der Waals surface area contributed by atoms with Gasteiger partial charge >= 0.3 is 0 Å². The van der Waals surface area contributed by atoms with Crippen LogP contribution in [0.1, 0.15) is 26.7 Å². The third kappa shape index (κ3) is 1.61. The zero-order chi connectivity index (χ0) is 9.19. The molecule has 1 aliphatic rings. The second-order valence-electron chi connectivity index (χ2n) is 3.76. The monoisotopic (exact) mass is 182 g/mol. The Balaban J connectivity index is 2.84. The van der Waals surface area contributed by atoms with Gasteiger partial charge in [0.25, 0.3) is 0 Å². The molecule has 0 aliphatic carbocycles. The van der Waals surface area contributed by atoms with Gasteiger partial charge in [0, 0.05) is 5.41 Å². The molecular weight excluding hydrogens is 164 g/mol. The molecule has 0 nitrogen and oxygen atoms in total. The summed E-state index contributed by atoms with van der Waals surface area (Å²) in [5.41, 5.74) is 2.87. The minimum absolute atomic E-state index is 0.269. The van der Waals surface area contributed by atoms with Crippen LogP contribution in [0.25, 0.3) is 0 Å². The molecule has 0 amide bonds. The smallest absolute Gasteiger partial charge is 0.0125 e. The molecule has 0 bridgehead atoms. The molecule has 1 rings (SSSR count). The Hall–Kier alpha value is -0.170. The number of allylic oxidation sites excluding steroid dienone is 2. The van der Waals surface area contributed by atoms with Crippen LogP contribution in [0, 0.1) is 5.41 Å². The molecule has 68 valence electrons. The Labute approximate surface area is 80.1 Å². The molecule has 0 aromatic carbocycles. The quantitative estimate of drug-likeness (QED) is 0.587. The lowest BCUT2D eigenvalue weighted by Crippen LogP contribution is -2.28. The average Bonchev–Trinajstić information content (AvgIpc) is 2.05. The second-order valence-corrected chi connectivity index (χ2v) is 4.98. The first-order valence-electron chi connectivity index (χ1n) is 4.49.